The number of nitrogens with zero attached hydrogens (tertiary/aromatic N) is 2. The molecular weight excluding hydrogens is 370 g/mol. The Morgan fingerprint density at radius 1 is 1.21 bits per heavy atom. The van der Waals surface area contributed by atoms with Gasteiger partial charge < -0.3 is 19.7 Å². The van der Waals surface area contributed by atoms with E-state index >= 15 is 0 Å². The molecule has 7 heteroatoms. The third-order valence-corrected chi connectivity index (χ3v) is 5.30. The highest BCUT2D eigenvalue weighted by Crippen LogP contribution is 2.23. The van der Waals surface area contributed by atoms with Crippen molar-refractivity contribution in [3.8, 4) is 5.88 Å². The molecule has 1 aliphatic carbocycles. The highest BCUT2D eigenvalue weighted by molar-refractivity contribution is 5.80. The summed E-state index contributed by atoms with van der Waals surface area (Å²) in [6.07, 6.45) is 7.78. The highest BCUT2D eigenvalue weighted by atomic mass is 16.6. The van der Waals surface area contributed by atoms with Crippen LogP contribution in [0.25, 0.3) is 0 Å². The molecule has 2 aliphatic rings. The van der Waals surface area contributed by atoms with E-state index in [0.717, 1.165) is 31.2 Å². The van der Waals surface area contributed by atoms with Crippen molar-refractivity contribution in [1.29, 1.82) is 0 Å². The second-order valence-corrected chi connectivity index (χ2v) is 9.01. The number of aromatic nitrogens is 1. The van der Waals surface area contributed by atoms with E-state index in [9.17, 15) is 9.59 Å². The Morgan fingerprint density at radius 2 is 1.97 bits per heavy atom. The average Bonchev–Trinajstić information content (AvgIpc) is 3.18. The van der Waals surface area contributed by atoms with Gasteiger partial charge >= 0.3 is 6.09 Å². The number of hydrogen-bond acceptors (Lipinski definition) is 5. The lowest BCUT2D eigenvalue weighted by molar-refractivity contribution is -0.126. The van der Waals surface area contributed by atoms with E-state index in [1.165, 1.54) is 12.8 Å². The molecule has 2 amide bonds. The zero-order valence-electron chi connectivity index (χ0n) is 17.8. The number of carbonyl (C=O) groups excluding carboxylic acids is 2. The Bertz CT molecular complexity index is 710. The maximum atomic E-state index is 12.7. The van der Waals surface area contributed by atoms with Crippen molar-refractivity contribution in [1.82, 2.24) is 15.2 Å². The minimum atomic E-state index is -0.536. The molecule has 7 nitrogen and oxygen atoms in total. The van der Waals surface area contributed by atoms with Crippen molar-refractivity contribution in [2.75, 3.05) is 13.1 Å². The number of rotatable bonds is 5. The molecule has 0 spiro atoms. The molecule has 29 heavy (non-hydrogen) atoms. The van der Waals surface area contributed by atoms with E-state index in [2.05, 4.69) is 10.3 Å². The molecule has 2 heterocycles. The average molecular weight is 404 g/mol. The van der Waals surface area contributed by atoms with Crippen LogP contribution < -0.4 is 10.1 Å². The van der Waals surface area contributed by atoms with Crippen LogP contribution in [0.4, 0.5) is 4.79 Å². The van der Waals surface area contributed by atoms with Gasteiger partial charge in [-0.05, 0) is 70.9 Å². The molecule has 160 valence electrons. The summed E-state index contributed by atoms with van der Waals surface area (Å²) in [7, 11) is 0. The van der Waals surface area contributed by atoms with Crippen LogP contribution in [-0.2, 0) is 16.1 Å². The first-order valence-corrected chi connectivity index (χ1v) is 10.7. The van der Waals surface area contributed by atoms with Crippen molar-refractivity contribution in [3.63, 3.8) is 0 Å². The van der Waals surface area contributed by atoms with Gasteiger partial charge in [0.05, 0.1) is 5.92 Å². The summed E-state index contributed by atoms with van der Waals surface area (Å²) >= 11 is 0. The van der Waals surface area contributed by atoms with Gasteiger partial charge in [-0.1, -0.05) is 0 Å². The predicted molar refractivity (Wildman–Crippen MR) is 109 cm³/mol. The standard InChI is InChI=1S/C22H33N3O4/c1-22(2,3)29-21(27)25-12-6-7-17(15-25)20(26)24-14-16-10-11-23-19(13-16)28-18-8-4-5-9-18/h10-11,13,17-18H,4-9,12,14-15H2,1-3H3,(H,24,26). The van der Waals surface area contributed by atoms with Gasteiger partial charge in [0, 0.05) is 31.9 Å². The summed E-state index contributed by atoms with van der Waals surface area (Å²) in [5.41, 5.74) is 0.424. The van der Waals surface area contributed by atoms with Gasteiger partial charge in [0.1, 0.15) is 11.7 Å². The van der Waals surface area contributed by atoms with Gasteiger partial charge in [-0.25, -0.2) is 9.78 Å². The second-order valence-electron chi connectivity index (χ2n) is 9.01. The van der Waals surface area contributed by atoms with E-state index < -0.39 is 5.60 Å². The lowest BCUT2D eigenvalue weighted by Gasteiger charge is -2.33. The Balaban J connectivity index is 1.49. The van der Waals surface area contributed by atoms with Gasteiger partial charge in [-0.15, -0.1) is 0 Å². The minimum absolute atomic E-state index is 0.0340. The van der Waals surface area contributed by atoms with E-state index in [4.69, 9.17) is 9.47 Å². The lowest BCUT2D eigenvalue weighted by atomic mass is 9.97. The molecule has 1 aromatic heterocycles. The van der Waals surface area contributed by atoms with Gasteiger partial charge in [0.2, 0.25) is 11.8 Å². The SMILES string of the molecule is CC(C)(C)OC(=O)N1CCCC(C(=O)NCc2ccnc(OC3CCCC3)c2)C1. The molecule has 0 bridgehead atoms. The first-order chi connectivity index (χ1) is 13.8. The number of ether oxygens (including phenoxy) is 2. The fraction of sp³-hybridized carbons (Fsp3) is 0.682. The lowest BCUT2D eigenvalue weighted by Crippen LogP contribution is -2.46. The quantitative estimate of drug-likeness (QED) is 0.811. The zero-order chi connectivity index (χ0) is 20.9. The summed E-state index contributed by atoms with van der Waals surface area (Å²) in [6.45, 7) is 6.98. The molecule has 0 aromatic carbocycles. The summed E-state index contributed by atoms with van der Waals surface area (Å²) < 4.78 is 11.4. The van der Waals surface area contributed by atoms with Crippen LogP contribution >= 0.6 is 0 Å². The number of pyridine rings is 1. The monoisotopic (exact) mass is 403 g/mol. The van der Waals surface area contributed by atoms with Crippen molar-refractivity contribution in [3.05, 3.63) is 23.9 Å². The number of hydrogen-bond donors (Lipinski definition) is 1. The summed E-state index contributed by atoms with van der Waals surface area (Å²) in [5.74, 6) is 0.373. The Hall–Kier alpha value is -2.31. The van der Waals surface area contributed by atoms with Gasteiger partial charge in [-0.3, -0.25) is 4.79 Å². The predicted octanol–water partition coefficient (Wildman–Crippen LogP) is 3.67. The minimum Gasteiger partial charge on any atom is -0.474 e. The first kappa shape index (κ1) is 21.4. The Labute approximate surface area is 173 Å². The number of nitrogens with one attached hydrogen (secondary N) is 1. The van der Waals surface area contributed by atoms with E-state index in [1.807, 2.05) is 32.9 Å². The highest BCUT2D eigenvalue weighted by Gasteiger charge is 2.30. The van der Waals surface area contributed by atoms with E-state index in [1.54, 1.807) is 11.1 Å². The zero-order valence-corrected chi connectivity index (χ0v) is 17.8. The normalized spacial score (nSPS) is 20.4. The van der Waals surface area contributed by atoms with Crippen LogP contribution in [0.5, 0.6) is 5.88 Å². The maximum absolute atomic E-state index is 12.7. The molecule has 2 fully saturated rings. The fourth-order valence-electron chi connectivity index (χ4n) is 3.82. The van der Waals surface area contributed by atoms with Crippen LogP contribution in [0.2, 0.25) is 0 Å². The molecule has 1 unspecified atom stereocenters. The van der Waals surface area contributed by atoms with Crippen molar-refractivity contribution >= 4 is 12.0 Å². The number of amides is 2. The Morgan fingerprint density at radius 3 is 2.69 bits per heavy atom. The molecule has 0 radical (unpaired) electrons. The van der Waals surface area contributed by atoms with Crippen molar-refractivity contribution in [2.24, 2.45) is 5.92 Å². The van der Waals surface area contributed by atoms with Gasteiger partial charge in [0.15, 0.2) is 0 Å². The van der Waals surface area contributed by atoms with Gasteiger partial charge in [0.25, 0.3) is 0 Å². The summed E-state index contributed by atoms with van der Waals surface area (Å²) in [5, 5.41) is 3.00. The number of piperidine rings is 1. The smallest absolute Gasteiger partial charge is 0.410 e. The van der Waals surface area contributed by atoms with Crippen LogP contribution in [-0.4, -0.2) is 46.7 Å². The molecule has 1 saturated carbocycles. The van der Waals surface area contributed by atoms with E-state index in [-0.39, 0.29) is 24.0 Å². The molecule has 1 aliphatic heterocycles. The molecule has 1 aromatic rings. The molecule has 3 rings (SSSR count). The third kappa shape index (κ3) is 6.61. The fourth-order valence-corrected chi connectivity index (χ4v) is 3.82. The molecule has 1 N–H and O–H groups in total. The summed E-state index contributed by atoms with van der Waals surface area (Å²) in [4.78, 5) is 30.9. The summed E-state index contributed by atoms with van der Waals surface area (Å²) in [6, 6.07) is 3.78. The van der Waals surface area contributed by atoms with Crippen molar-refractivity contribution in [2.45, 2.75) is 77.5 Å². The van der Waals surface area contributed by atoms with Gasteiger partial charge in [-0.2, -0.15) is 0 Å². The molecular formula is C22H33N3O4. The molecule has 1 atom stereocenters. The topological polar surface area (TPSA) is 80.8 Å². The molecule has 1 saturated heterocycles. The first-order valence-electron chi connectivity index (χ1n) is 10.7. The van der Waals surface area contributed by atoms with E-state index in [0.29, 0.717) is 25.5 Å². The Kier molecular flexibility index (Phi) is 6.98. The second kappa shape index (κ2) is 9.46. The maximum Gasteiger partial charge on any atom is 0.410 e. The van der Waals surface area contributed by atoms with Crippen LogP contribution in [0.1, 0.15) is 64.9 Å². The van der Waals surface area contributed by atoms with Crippen LogP contribution in [0, 0.1) is 5.92 Å². The van der Waals surface area contributed by atoms with Crippen molar-refractivity contribution < 1.29 is 19.1 Å². The third-order valence-electron chi connectivity index (χ3n) is 5.30. The largest absolute Gasteiger partial charge is 0.474 e. The number of carbonyl (C=O) groups is 2. The number of likely N-dealkylation sites (tertiary alicyclic amines) is 1. The van der Waals surface area contributed by atoms with Crippen LogP contribution in [0.3, 0.4) is 0 Å². The van der Waals surface area contributed by atoms with Crippen LogP contribution in [0.15, 0.2) is 18.3 Å².